The van der Waals surface area contributed by atoms with Crippen LogP contribution < -0.4 is 16.3 Å². The molecule has 0 aliphatic heterocycles. The summed E-state index contributed by atoms with van der Waals surface area (Å²) in [7, 11) is -3.16. The van der Waals surface area contributed by atoms with Crippen molar-refractivity contribution in [3.05, 3.63) is 126 Å². The van der Waals surface area contributed by atoms with Crippen molar-refractivity contribution in [1.29, 1.82) is 0 Å². The third-order valence-electron chi connectivity index (χ3n) is 5.96. The minimum Gasteiger partial charge on any atom is -0.399 e. The molecule has 2 nitrogen and oxygen atoms in total. The molecule has 4 aromatic rings. The average molecular weight is 411 g/mol. The van der Waals surface area contributed by atoms with Crippen LogP contribution in [-0.2, 0) is 9.72 Å². The molecule has 1 unspecified atom stereocenters. The van der Waals surface area contributed by atoms with Gasteiger partial charge >= 0.3 is 0 Å². The Kier molecular flexibility index (Phi) is 5.37. The van der Waals surface area contributed by atoms with Crippen LogP contribution in [0.1, 0.15) is 23.6 Å². The number of nitrogen functional groups attached to an aromatic ring is 1. The summed E-state index contributed by atoms with van der Waals surface area (Å²) >= 11 is 0. The van der Waals surface area contributed by atoms with Crippen molar-refractivity contribution >= 4 is 23.4 Å². The highest BCUT2D eigenvalue weighted by Crippen LogP contribution is 2.64. The van der Waals surface area contributed by atoms with Crippen LogP contribution in [0.15, 0.2) is 109 Å². The Morgan fingerprint density at radius 2 is 1.03 bits per heavy atom. The van der Waals surface area contributed by atoms with Crippen LogP contribution in [-0.4, -0.2) is 0 Å². The Hall–Kier alpha value is -3.09. The predicted molar refractivity (Wildman–Crippen MR) is 128 cm³/mol. The van der Waals surface area contributed by atoms with Crippen LogP contribution in [0, 0.1) is 6.92 Å². The summed E-state index contributed by atoms with van der Waals surface area (Å²) < 4.78 is 15.4. The summed E-state index contributed by atoms with van der Waals surface area (Å²) in [5.74, 6) is 0. The van der Waals surface area contributed by atoms with Gasteiger partial charge in [0.15, 0.2) is 7.14 Å². The van der Waals surface area contributed by atoms with Crippen LogP contribution in [0.3, 0.4) is 0 Å². The van der Waals surface area contributed by atoms with E-state index in [4.69, 9.17) is 5.73 Å². The molecule has 0 aromatic heterocycles. The monoisotopic (exact) mass is 411 g/mol. The molecule has 150 valence electrons. The van der Waals surface area contributed by atoms with Gasteiger partial charge in [-0.1, -0.05) is 103 Å². The maximum absolute atomic E-state index is 15.4. The van der Waals surface area contributed by atoms with Crippen molar-refractivity contribution in [3.63, 3.8) is 0 Å². The fourth-order valence-corrected chi connectivity index (χ4v) is 7.70. The third kappa shape index (κ3) is 3.28. The molecule has 3 heteroatoms. The molecule has 0 heterocycles. The molecule has 2 N–H and O–H groups in total. The van der Waals surface area contributed by atoms with E-state index in [9.17, 15) is 0 Å². The number of nitrogens with two attached hydrogens (primary N) is 1. The normalized spacial score (nSPS) is 13.5. The zero-order valence-electron chi connectivity index (χ0n) is 17.3. The lowest BCUT2D eigenvalue weighted by Crippen LogP contribution is -2.34. The molecule has 4 aromatic carbocycles. The molecule has 0 amide bonds. The van der Waals surface area contributed by atoms with Crippen molar-refractivity contribution in [2.45, 2.75) is 19.0 Å². The van der Waals surface area contributed by atoms with Crippen molar-refractivity contribution < 1.29 is 4.57 Å². The molecular formula is C27H26NOP. The first-order valence-electron chi connectivity index (χ1n) is 10.1. The molecule has 0 radical (unpaired) electrons. The summed E-state index contributed by atoms with van der Waals surface area (Å²) in [5, 5.41) is 0.920. The maximum Gasteiger partial charge on any atom is 0.157 e. The molecule has 0 aliphatic rings. The van der Waals surface area contributed by atoms with Gasteiger partial charge in [0.1, 0.15) is 0 Å². The van der Waals surface area contributed by atoms with Crippen LogP contribution in [0.25, 0.3) is 0 Å². The van der Waals surface area contributed by atoms with Crippen LogP contribution in [0.5, 0.6) is 0 Å². The molecule has 4 rings (SSSR count). The Labute approximate surface area is 178 Å². The quantitative estimate of drug-likeness (QED) is 0.330. The SMILES string of the molecule is Cc1ccc(C(C)(c2ccc(N)cc2)P(=O)(c2ccccc2)c2ccccc2)cc1. The molecule has 0 aliphatic carbocycles. The molecule has 0 saturated carbocycles. The van der Waals surface area contributed by atoms with E-state index in [1.807, 2.05) is 84.9 Å². The largest absolute Gasteiger partial charge is 0.399 e. The van der Waals surface area contributed by atoms with Gasteiger partial charge < -0.3 is 10.3 Å². The second kappa shape index (κ2) is 7.97. The number of rotatable bonds is 5. The van der Waals surface area contributed by atoms with Crippen molar-refractivity contribution in [3.8, 4) is 0 Å². The standard InChI is InChI=1S/C27H26NOP/c1-21-13-15-22(16-14-21)27(2,23-17-19-24(28)20-18-23)30(29,25-9-5-3-6-10-25)26-11-7-4-8-12-26/h3-20H,28H2,1-2H3. The fraction of sp³-hybridized carbons (Fsp3) is 0.111. The van der Waals surface area contributed by atoms with Crippen LogP contribution in [0.4, 0.5) is 5.69 Å². The third-order valence-corrected chi connectivity index (χ3v) is 9.78. The van der Waals surface area contributed by atoms with E-state index in [2.05, 4.69) is 38.1 Å². The van der Waals surface area contributed by atoms with E-state index in [-0.39, 0.29) is 0 Å². The van der Waals surface area contributed by atoms with E-state index >= 15 is 4.57 Å². The minimum absolute atomic E-state index is 0.694. The van der Waals surface area contributed by atoms with Gasteiger partial charge in [-0.25, -0.2) is 0 Å². The van der Waals surface area contributed by atoms with Gasteiger partial charge in [-0.05, 0) is 37.1 Å². The Morgan fingerprint density at radius 1 is 0.633 bits per heavy atom. The van der Waals surface area contributed by atoms with Crippen LogP contribution >= 0.6 is 7.14 Å². The Morgan fingerprint density at radius 3 is 1.47 bits per heavy atom. The summed E-state index contributed by atoms with van der Waals surface area (Å²) in [4.78, 5) is 0. The summed E-state index contributed by atoms with van der Waals surface area (Å²) in [6, 6.07) is 35.9. The molecule has 0 bridgehead atoms. The van der Waals surface area contributed by atoms with E-state index in [0.29, 0.717) is 5.69 Å². The zero-order chi connectivity index (χ0) is 21.2. The van der Waals surface area contributed by atoms with Gasteiger partial charge in [-0.15, -0.1) is 0 Å². The number of aryl methyl sites for hydroxylation is 1. The second-order valence-electron chi connectivity index (χ2n) is 7.84. The highest BCUT2D eigenvalue weighted by Gasteiger charge is 2.49. The first-order chi connectivity index (χ1) is 14.5. The molecule has 0 spiro atoms. The minimum atomic E-state index is -3.16. The second-order valence-corrected chi connectivity index (χ2v) is 11.0. The molecule has 30 heavy (non-hydrogen) atoms. The lowest BCUT2D eigenvalue weighted by molar-refractivity contribution is 0.567. The van der Waals surface area contributed by atoms with E-state index in [0.717, 1.165) is 21.7 Å². The van der Waals surface area contributed by atoms with Gasteiger partial charge in [0.2, 0.25) is 0 Å². The highest BCUT2D eigenvalue weighted by atomic mass is 31.2. The van der Waals surface area contributed by atoms with Crippen molar-refractivity contribution in [2.24, 2.45) is 0 Å². The van der Waals surface area contributed by atoms with Crippen molar-refractivity contribution in [1.82, 2.24) is 0 Å². The highest BCUT2D eigenvalue weighted by molar-refractivity contribution is 7.79. The molecular weight excluding hydrogens is 385 g/mol. The summed E-state index contributed by atoms with van der Waals surface area (Å²) in [5.41, 5.74) is 9.86. The fourth-order valence-electron chi connectivity index (χ4n) is 4.16. The predicted octanol–water partition coefficient (Wildman–Crippen LogP) is 5.85. The van der Waals surface area contributed by atoms with Crippen LogP contribution in [0.2, 0.25) is 0 Å². The van der Waals surface area contributed by atoms with Gasteiger partial charge in [-0.2, -0.15) is 0 Å². The first kappa shape index (κ1) is 20.2. The molecule has 0 saturated heterocycles. The van der Waals surface area contributed by atoms with Gasteiger partial charge in [0.25, 0.3) is 0 Å². The van der Waals surface area contributed by atoms with Gasteiger partial charge in [0, 0.05) is 16.3 Å². The molecule has 1 atom stereocenters. The van der Waals surface area contributed by atoms with Gasteiger partial charge in [-0.3, -0.25) is 0 Å². The zero-order valence-corrected chi connectivity index (χ0v) is 18.2. The smallest absolute Gasteiger partial charge is 0.157 e. The Bertz CT molecular complexity index is 1080. The molecule has 0 fully saturated rings. The lowest BCUT2D eigenvalue weighted by atomic mass is 9.91. The topological polar surface area (TPSA) is 43.1 Å². The lowest BCUT2D eigenvalue weighted by Gasteiger charge is -2.40. The summed E-state index contributed by atoms with van der Waals surface area (Å²) in [6.45, 7) is 4.17. The number of hydrogen-bond acceptors (Lipinski definition) is 2. The number of benzene rings is 4. The van der Waals surface area contributed by atoms with E-state index in [1.165, 1.54) is 5.56 Å². The maximum atomic E-state index is 15.4. The van der Waals surface area contributed by atoms with Crippen molar-refractivity contribution in [2.75, 3.05) is 5.73 Å². The first-order valence-corrected chi connectivity index (χ1v) is 11.8. The number of anilines is 1. The van der Waals surface area contributed by atoms with E-state index < -0.39 is 12.3 Å². The Balaban J connectivity index is 2.10. The van der Waals surface area contributed by atoms with Gasteiger partial charge in [0.05, 0.1) is 5.16 Å². The van der Waals surface area contributed by atoms with E-state index in [1.54, 1.807) is 0 Å². The summed E-state index contributed by atoms with van der Waals surface area (Å²) in [6.07, 6.45) is 0. The number of hydrogen-bond donors (Lipinski definition) is 1. The average Bonchev–Trinajstić information content (AvgIpc) is 2.80.